The number of hydrogen-bond acceptors (Lipinski definition) is 5. The van der Waals surface area contributed by atoms with Gasteiger partial charge in [-0.05, 0) is 18.4 Å². The maximum absolute atomic E-state index is 12.4. The van der Waals surface area contributed by atoms with Crippen LogP contribution in [0, 0.1) is 5.92 Å². The first kappa shape index (κ1) is 16.4. The van der Waals surface area contributed by atoms with Crippen molar-refractivity contribution in [2.45, 2.75) is 18.9 Å². The largest absolute Gasteiger partial charge is 0.355 e. The maximum atomic E-state index is 12.4. The minimum Gasteiger partial charge on any atom is -0.355 e. The number of carbonyl (C=O) groups excluding carboxylic acids is 1. The van der Waals surface area contributed by atoms with Crippen molar-refractivity contribution >= 4 is 11.7 Å². The lowest BCUT2D eigenvalue weighted by Crippen LogP contribution is -2.42. The van der Waals surface area contributed by atoms with Crippen LogP contribution in [0.15, 0.2) is 48.9 Å². The van der Waals surface area contributed by atoms with Gasteiger partial charge in [-0.1, -0.05) is 30.3 Å². The lowest BCUT2D eigenvalue weighted by molar-refractivity contribution is -0.125. The normalized spacial score (nSPS) is 16.6. The van der Waals surface area contributed by atoms with E-state index in [1.54, 1.807) is 18.6 Å². The minimum absolute atomic E-state index is 0.0425. The highest BCUT2D eigenvalue weighted by molar-refractivity contribution is 5.79. The van der Waals surface area contributed by atoms with Crippen LogP contribution in [0.25, 0.3) is 0 Å². The molecule has 0 radical (unpaired) electrons. The topological polar surface area (TPSA) is 84.1 Å². The highest BCUT2D eigenvalue weighted by atomic mass is 16.1. The van der Waals surface area contributed by atoms with Gasteiger partial charge in [0.1, 0.15) is 5.82 Å². The van der Waals surface area contributed by atoms with Crippen LogP contribution in [-0.2, 0) is 4.79 Å². The standard InChI is InChI=1S/C18H23N5O/c19-16(14-4-2-1-3-5-14)12-22-18(24)15-6-10-23(11-7-15)17-13-20-8-9-21-17/h1-5,8-9,13,15-16H,6-7,10-12,19H2,(H,22,24). The summed E-state index contributed by atoms with van der Waals surface area (Å²) in [6, 6.07) is 9.67. The zero-order valence-corrected chi connectivity index (χ0v) is 13.6. The molecule has 126 valence electrons. The molecule has 0 bridgehead atoms. The fourth-order valence-corrected chi connectivity index (χ4v) is 3.00. The van der Waals surface area contributed by atoms with Crippen molar-refractivity contribution in [2.24, 2.45) is 11.7 Å². The van der Waals surface area contributed by atoms with E-state index in [0.29, 0.717) is 6.54 Å². The molecule has 6 heteroatoms. The molecule has 2 heterocycles. The van der Waals surface area contributed by atoms with Crippen molar-refractivity contribution in [3.05, 3.63) is 54.5 Å². The average Bonchev–Trinajstić information content (AvgIpc) is 2.67. The summed E-state index contributed by atoms with van der Waals surface area (Å²) >= 11 is 0. The van der Waals surface area contributed by atoms with Crippen LogP contribution < -0.4 is 16.0 Å². The monoisotopic (exact) mass is 325 g/mol. The number of nitrogens with two attached hydrogens (primary N) is 1. The summed E-state index contributed by atoms with van der Waals surface area (Å²) < 4.78 is 0. The van der Waals surface area contributed by atoms with Crippen LogP contribution in [0.4, 0.5) is 5.82 Å². The fraction of sp³-hybridized carbons (Fsp3) is 0.389. The molecule has 3 rings (SSSR count). The van der Waals surface area contributed by atoms with Gasteiger partial charge in [-0.15, -0.1) is 0 Å². The Hall–Kier alpha value is -2.47. The Morgan fingerprint density at radius 2 is 2.00 bits per heavy atom. The molecule has 1 atom stereocenters. The second-order valence-corrected chi connectivity index (χ2v) is 6.09. The summed E-state index contributed by atoms with van der Waals surface area (Å²) in [6.45, 7) is 2.11. The van der Waals surface area contributed by atoms with Gasteiger partial charge in [0.2, 0.25) is 5.91 Å². The zero-order chi connectivity index (χ0) is 16.8. The molecule has 1 aromatic heterocycles. The van der Waals surface area contributed by atoms with E-state index in [9.17, 15) is 4.79 Å². The molecule has 0 saturated carbocycles. The SMILES string of the molecule is NC(CNC(=O)C1CCN(c2cnccn2)CC1)c1ccccc1. The molecular weight excluding hydrogens is 302 g/mol. The molecule has 1 unspecified atom stereocenters. The number of rotatable bonds is 5. The molecule has 2 aromatic rings. The molecule has 24 heavy (non-hydrogen) atoms. The van der Waals surface area contributed by atoms with Crippen LogP contribution in [0.1, 0.15) is 24.4 Å². The Labute approximate surface area is 142 Å². The van der Waals surface area contributed by atoms with Crippen LogP contribution >= 0.6 is 0 Å². The maximum Gasteiger partial charge on any atom is 0.223 e. The third-order valence-electron chi connectivity index (χ3n) is 4.46. The summed E-state index contributed by atoms with van der Waals surface area (Å²) in [6.07, 6.45) is 6.77. The first-order valence-corrected chi connectivity index (χ1v) is 8.33. The highest BCUT2D eigenvalue weighted by Gasteiger charge is 2.25. The van der Waals surface area contributed by atoms with Crippen LogP contribution in [-0.4, -0.2) is 35.5 Å². The van der Waals surface area contributed by atoms with E-state index >= 15 is 0 Å². The fourth-order valence-electron chi connectivity index (χ4n) is 3.00. The average molecular weight is 325 g/mol. The Morgan fingerprint density at radius 3 is 2.67 bits per heavy atom. The van der Waals surface area contributed by atoms with Crippen LogP contribution in [0.5, 0.6) is 0 Å². The lowest BCUT2D eigenvalue weighted by atomic mass is 9.95. The predicted molar refractivity (Wildman–Crippen MR) is 93.3 cm³/mol. The number of aromatic nitrogens is 2. The first-order valence-electron chi connectivity index (χ1n) is 8.33. The summed E-state index contributed by atoms with van der Waals surface area (Å²) in [5.41, 5.74) is 7.17. The summed E-state index contributed by atoms with van der Waals surface area (Å²) in [5.74, 6) is 1.02. The van der Waals surface area contributed by atoms with Crippen molar-refractivity contribution in [3.8, 4) is 0 Å². The Morgan fingerprint density at radius 1 is 1.25 bits per heavy atom. The van der Waals surface area contributed by atoms with Gasteiger partial charge in [0.25, 0.3) is 0 Å². The van der Waals surface area contributed by atoms with Crippen molar-refractivity contribution < 1.29 is 4.79 Å². The Kier molecular flexibility index (Phi) is 5.38. The molecular formula is C18H23N5O. The van der Waals surface area contributed by atoms with Gasteiger partial charge >= 0.3 is 0 Å². The van der Waals surface area contributed by atoms with E-state index in [0.717, 1.165) is 37.3 Å². The van der Waals surface area contributed by atoms with E-state index in [1.165, 1.54) is 0 Å². The Bertz CT molecular complexity index is 641. The Balaban J connectivity index is 1.45. The number of benzene rings is 1. The molecule has 1 fully saturated rings. The predicted octanol–water partition coefficient (Wildman–Crippen LogP) is 1.51. The second kappa shape index (κ2) is 7.88. The second-order valence-electron chi connectivity index (χ2n) is 6.09. The molecule has 0 spiro atoms. The van der Waals surface area contributed by atoms with Crippen molar-refractivity contribution in [2.75, 3.05) is 24.5 Å². The van der Waals surface area contributed by atoms with E-state index in [-0.39, 0.29) is 17.9 Å². The lowest BCUT2D eigenvalue weighted by Gasteiger charge is -2.32. The summed E-state index contributed by atoms with van der Waals surface area (Å²) in [4.78, 5) is 22.9. The van der Waals surface area contributed by atoms with Crippen molar-refractivity contribution in [3.63, 3.8) is 0 Å². The molecule has 1 aliphatic rings. The zero-order valence-electron chi connectivity index (χ0n) is 13.6. The van der Waals surface area contributed by atoms with Gasteiger partial charge in [-0.2, -0.15) is 0 Å². The van der Waals surface area contributed by atoms with E-state index in [1.807, 2.05) is 30.3 Å². The van der Waals surface area contributed by atoms with Crippen molar-refractivity contribution in [1.82, 2.24) is 15.3 Å². The van der Waals surface area contributed by atoms with E-state index < -0.39 is 0 Å². The number of anilines is 1. The molecule has 1 aromatic carbocycles. The van der Waals surface area contributed by atoms with Gasteiger partial charge in [0, 0.05) is 44.0 Å². The molecule has 6 nitrogen and oxygen atoms in total. The smallest absolute Gasteiger partial charge is 0.223 e. The van der Waals surface area contributed by atoms with Gasteiger partial charge in [0.15, 0.2) is 0 Å². The summed E-state index contributed by atoms with van der Waals surface area (Å²) in [7, 11) is 0. The van der Waals surface area contributed by atoms with Gasteiger partial charge < -0.3 is 16.0 Å². The van der Waals surface area contributed by atoms with Crippen LogP contribution in [0.3, 0.4) is 0 Å². The van der Waals surface area contributed by atoms with Crippen molar-refractivity contribution in [1.29, 1.82) is 0 Å². The third kappa shape index (κ3) is 4.08. The molecule has 0 aliphatic carbocycles. The van der Waals surface area contributed by atoms with Gasteiger partial charge in [0.05, 0.1) is 6.20 Å². The highest BCUT2D eigenvalue weighted by Crippen LogP contribution is 2.21. The molecule has 3 N–H and O–H groups in total. The van der Waals surface area contributed by atoms with E-state index in [4.69, 9.17) is 5.73 Å². The number of carbonyl (C=O) groups is 1. The quantitative estimate of drug-likeness (QED) is 0.870. The molecule has 1 amide bonds. The number of hydrogen-bond donors (Lipinski definition) is 2. The minimum atomic E-state index is -0.171. The molecule has 1 saturated heterocycles. The molecule has 1 aliphatic heterocycles. The van der Waals surface area contributed by atoms with E-state index in [2.05, 4.69) is 20.2 Å². The summed E-state index contributed by atoms with van der Waals surface area (Å²) in [5, 5.41) is 2.99. The van der Waals surface area contributed by atoms with Crippen LogP contribution in [0.2, 0.25) is 0 Å². The van der Waals surface area contributed by atoms with Gasteiger partial charge in [-0.3, -0.25) is 9.78 Å². The number of nitrogens with zero attached hydrogens (tertiary/aromatic N) is 3. The third-order valence-corrected chi connectivity index (χ3v) is 4.46. The van der Waals surface area contributed by atoms with Gasteiger partial charge in [-0.25, -0.2) is 4.98 Å². The number of piperidine rings is 1. The number of amides is 1. The first-order chi connectivity index (χ1) is 11.7. The number of nitrogens with one attached hydrogen (secondary N) is 1.